The molecule has 5 nitrogen and oxygen atoms in total. The molecule has 0 saturated carbocycles. The maximum absolute atomic E-state index is 10.3. The molecule has 0 spiro atoms. The summed E-state index contributed by atoms with van der Waals surface area (Å²) in [6, 6.07) is 0. The van der Waals surface area contributed by atoms with Crippen LogP contribution in [-0.2, 0) is 9.63 Å². The number of carbonyl (C=O) groups excluding carboxylic acids is 1. The molecule has 1 unspecified atom stereocenters. The van der Waals surface area contributed by atoms with Crippen molar-refractivity contribution in [3.63, 3.8) is 0 Å². The molecule has 0 aromatic heterocycles. The Morgan fingerprint density at radius 3 is 3.00 bits per heavy atom. The molecule has 4 N–H and O–H groups in total. The summed E-state index contributed by atoms with van der Waals surface area (Å²) in [6.45, 7) is 0. The average molecular weight is 117 g/mol. The average Bonchev–Trinajstić information content (AvgIpc) is 2.14. The molecule has 1 heterocycles. The first-order chi connectivity index (χ1) is 3.83. The number of amides is 1. The van der Waals surface area contributed by atoms with Gasteiger partial charge in [0.25, 0.3) is 0 Å². The molecule has 0 bridgehead atoms. The summed E-state index contributed by atoms with van der Waals surface area (Å²) < 4.78 is 0. The highest BCUT2D eigenvalue weighted by atomic mass is 16.7. The molecule has 0 aromatic rings. The molecular formula is C3H7N3O2. The van der Waals surface area contributed by atoms with E-state index in [0.29, 0.717) is 0 Å². The van der Waals surface area contributed by atoms with Gasteiger partial charge in [0, 0.05) is 0 Å². The highest BCUT2D eigenvalue weighted by Crippen LogP contribution is 1.97. The summed E-state index contributed by atoms with van der Waals surface area (Å²) >= 11 is 0. The zero-order valence-electron chi connectivity index (χ0n) is 4.18. The van der Waals surface area contributed by atoms with Crippen molar-refractivity contribution in [2.75, 3.05) is 0 Å². The van der Waals surface area contributed by atoms with Crippen LogP contribution in [0.25, 0.3) is 0 Å². The third-order valence-electron chi connectivity index (χ3n) is 0.872. The first kappa shape index (κ1) is 5.49. The van der Waals surface area contributed by atoms with Crippen molar-refractivity contribution in [3.05, 3.63) is 0 Å². The Labute approximate surface area is 46.1 Å². The molecular weight excluding hydrogens is 110 g/mol. The van der Waals surface area contributed by atoms with Gasteiger partial charge < -0.3 is 0 Å². The van der Waals surface area contributed by atoms with Crippen LogP contribution in [0, 0.1) is 0 Å². The van der Waals surface area contributed by atoms with Crippen LogP contribution in [0.3, 0.4) is 0 Å². The molecule has 1 aliphatic heterocycles. The van der Waals surface area contributed by atoms with Gasteiger partial charge in [-0.15, -0.1) is 0 Å². The Morgan fingerprint density at radius 2 is 2.75 bits per heavy atom. The number of hydrazine groups is 1. The van der Waals surface area contributed by atoms with E-state index < -0.39 is 0 Å². The number of carbonyl (C=O) groups is 1. The van der Waals surface area contributed by atoms with E-state index in [1.165, 1.54) is 0 Å². The van der Waals surface area contributed by atoms with Crippen LogP contribution in [-0.4, -0.2) is 12.1 Å². The second kappa shape index (κ2) is 2.08. The van der Waals surface area contributed by atoms with Gasteiger partial charge in [0.1, 0.15) is 0 Å². The summed E-state index contributed by atoms with van der Waals surface area (Å²) in [4.78, 5) is 14.9. The fourth-order valence-electron chi connectivity index (χ4n) is 0.482. The van der Waals surface area contributed by atoms with Crippen LogP contribution >= 0.6 is 0 Å². The number of hydrogen-bond acceptors (Lipinski definition) is 4. The van der Waals surface area contributed by atoms with E-state index in [1.807, 2.05) is 0 Å². The predicted octanol–water partition coefficient (Wildman–Crippen LogP) is -1.77. The zero-order chi connectivity index (χ0) is 5.98. The molecule has 0 aromatic carbocycles. The van der Waals surface area contributed by atoms with E-state index in [0.717, 1.165) is 0 Å². The number of nitrogens with one attached hydrogen (secondary N) is 2. The fourth-order valence-corrected chi connectivity index (χ4v) is 0.482. The van der Waals surface area contributed by atoms with E-state index in [-0.39, 0.29) is 18.6 Å². The lowest BCUT2D eigenvalue weighted by atomic mass is 10.4. The van der Waals surface area contributed by atoms with Crippen LogP contribution in [0.2, 0.25) is 0 Å². The van der Waals surface area contributed by atoms with Gasteiger partial charge in [-0.25, -0.2) is 10.9 Å². The van der Waals surface area contributed by atoms with Crippen molar-refractivity contribution in [2.24, 2.45) is 5.84 Å². The Bertz CT molecular complexity index is 105. The lowest BCUT2D eigenvalue weighted by Gasteiger charge is -2.00. The van der Waals surface area contributed by atoms with Gasteiger partial charge in [-0.05, 0) is 0 Å². The molecule has 8 heavy (non-hydrogen) atoms. The summed E-state index contributed by atoms with van der Waals surface area (Å²) in [5, 5.41) is 0. The van der Waals surface area contributed by atoms with Gasteiger partial charge in [0.2, 0.25) is 5.91 Å². The van der Waals surface area contributed by atoms with Gasteiger partial charge in [0.05, 0.1) is 6.42 Å². The third-order valence-corrected chi connectivity index (χ3v) is 0.872. The molecule has 0 radical (unpaired) electrons. The van der Waals surface area contributed by atoms with E-state index in [9.17, 15) is 4.79 Å². The number of hydroxylamine groups is 1. The van der Waals surface area contributed by atoms with Crippen LogP contribution in [0.1, 0.15) is 6.42 Å². The molecule has 1 atom stereocenters. The Hall–Kier alpha value is -0.650. The lowest BCUT2D eigenvalue weighted by Crippen LogP contribution is -2.34. The summed E-state index contributed by atoms with van der Waals surface area (Å²) in [7, 11) is 0. The molecule has 1 fully saturated rings. The maximum atomic E-state index is 10.3. The Kier molecular flexibility index (Phi) is 1.43. The monoisotopic (exact) mass is 117 g/mol. The van der Waals surface area contributed by atoms with Crippen molar-refractivity contribution in [2.45, 2.75) is 12.6 Å². The Morgan fingerprint density at radius 1 is 2.00 bits per heavy atom. The second-order valence-corrected chi connectivity index (χ2v) is 1.50. The first-order valence-corrected chi connectivity index (χ1v) is 2.23. The van der Waals surface area contributed by atoms with Crippen LogP contribution in [0.5, 0.6) is 0 Å². The van der Waals surface area contributed by atoms with Crippen molar-refractivity contribution in [1.29, 1.82) is 0 Å². The van der Waals surface area contributed by atoms with Crippen molar-refractivity contribution in [1.82, 2.24) is 10.9 Å². The maximum Gasteiger partial charge on any atom is 0.247 e. The van der Waals surface area contributed by atoms with Crippen molar-refractivity contribution in [3.8, 4) is 0 Å². The molecule has 1 aliphatic rings. The summed E-state index contributed by atoms with van der Waals surface area (Å²) in [6.07, 6.45) is -0.0706. The number of nitrogens with two attached hydrogens (primary N) is 1. The highest BCUT2D eigenvalue weighted by Gasteiger charge is 2.20. The molecule has 1 saturated heterocycles. The Balaban J connectivity index is 2.32. The smallest absolute Gasteiger partial charge is 0.247 e. The minimum atomic E-state index is -0.359. The standard InChI is InChI=1S/C3H7N3O2/c4-5-3-1-2(7)6-8-3/h3,5H,1,4H2,(H,6,7). The van der Waals surface area contributed by atoms with E-state index in [1.54, 1.807) is 0 Å². The van der Waals surface area contributed by atoms with Gasteiger partial charge in [-0.1, -0.05) is 0 Å². The fraction of sp³-hybridized carbons (Fsp3) is 0.667. The largest absolute Gasteiger partial charge is 0.273 e. The van der Waals surface area contributed by atoms with Crippen LogP contribution < -0.4 is 16.7 Å². The minimum absolute atomic E-state index is 0.145. The van der Waals surface area contributed by atoms with Gasteiger partial charge in [0.15, 0.2) is 6.23 Å². The quantitative estimate of drug-likeness (QED) is 0.280. The summed E-state index contributed by atoms with van der Waals surface area (Å²) in [5.74, 6) is 4.78. The minimum Gasteiger partial charge on any atom is -0.273 e. The summed E-state index contributed by atoms with van der Waals surface area (Å²) in [5.41, 5.74) is 4.43. The van der Waals surface area contributed by atoms with Gasteiger partial charge in [-0.3, -0.25) is 15.5 Å². The predicted molar refractivity (Wildman–Crippen MR) is 25.0 cm³/mol. The van der Waals surface area contributed by atoms with Crippen LogP contribution in [0.15, 0.2) is 0 Å². The number of rotatable bonds is 1. The topological polar surface area (TPSA) is 76.4 Å². The SMILES string of the molecule is NNC1CC(=O)NO1. The molecule has 1 rings (SSSR count). The number of hydrogen-bond donors (Lipinski definition) is 3. The zero-order valence-corrected chi connectivity index (χ0v) is 4.18. The van der Waals surface area contributed by atoms with E-state index in [4.69, 9.17) is 5.84 Å². The first-order valence-electron chi connectivity index (χ1n) is 2.23. The van der Waals surface area contributed by atoms with Crippen molar-refractivity contribution >= 4 is 5.91 Å². The van der Waals surface area contributed by atoms with Crippen LogP contribution in [0.4, 0.5) is 0 Å². The second-order valence-electron chi connectivity index (χ2n) is 1.50. The van der Waals surface area contributed by atoms with E-state index >= 15 is 0 Å². The third kappa shape index (κ3) is 0.945. The molecule has 5 heteroatoms. The molecule has 46 valence electrons. The lowest BCUT2D eigenvalue weighted by molar-refractivity contribution is -0.124. The van der Waals surface area contributed by atoms with Gasteiger partial charge >= 0.3 is 0 Å². The van der Waals surface area contributed by atoms with Crippen molar-refractivity contribution < 1.29 is 9.63 Å². The molecule has 1 amide bonds. The molecule has 0 aliphatic carbocycles. The normalized spacial score (nSPS) is 28.1. The van der Waals surface area contributed by atoms with E-state index in [2.05, 4.69) is 15.7 Å². The highest BCUT2D eigenvalue weighted by molar-refractivity contribution is 5.76. The van der Waals surface area contributed by atoms with Gasteiger partial charge in [-0.2, -0.15) is 0 Å².